The first-order chi connectivity index (χ1) is 9.67. The van der Waals surface area contributed by atoms with E-state index < -0.39 is 0 Å². The van der Waals surface area contributed by atoms with Crippen molar-refractivity contribution in [2.24, 2.45) is 0 Å². The van der Waals surface area contributed by atoms with Crippen molar-refractivity contribution >= 4 is 0 Å². The number of hydrogen-bond donors (Lipinski definition) is 0. The molecule has 1 rings (SSSR count). The van der Waals surface area contributed by atoms with E-state index in [9.17, 15) is 0 Å². The van der Waals surface area contributed by atoms with Crippen molar-refractivity contribution in [2.45, 2.75) is 58.7 Å². The predicted octanol–water partition coefficient (Wildman–Crippen LogP) is 4.26. The van der Waals surface area contributed by atoms with Crippen LogP contribution >= 0.6 is 0 Å². The summed E-state index contributed by atoms with van der Waals surface area (Å²) in [6.07, 6.45) is 0. The Kier molecular flexibility index (Phi) is 6.81. The lowest BCUT2D eigenvalue weighted by molar-refractivity contribution is -0.369. The fraction of sp³-hybridized carbons (Fsp3) is 0.647. The third-order valence-electron chi connectivity index (χ3n) is 2.43. The van der Waals surface area contributed by atoms with E-state index in [1.165, 1.54) is 0 Å². The number of rotatable bonds is 7. The molecule has 0 fully saturated rings. The molecule has 4 nitrogen and oxygen atoms in total. The summed E-state index contributed by atoms with van der Waals surface area (Å²) in [7, 11) is 0. The largest absolute Gasteiger partial charge is 0.235 e. The van der Waals surface area contributed by atoms with Crippen molar-refractivity contribution < 1.29 is 19.6 Å². The Morgan fingerprint density at radius 3 is 1.57 bits per heavy atom. The van der Waals surface area contributed by atoms with Crippen molar-refractivity contribution in [3.05, 3.63) is 35.9 Å². The van der Waals surface area contributed by atoms with Gasteiger partial charge in [0, 0.05) is 5.92 Å². The Hall–Kier alpha value is -0.940. The third-order valence-corrected chi connectivity index (χ3v) is 2.43. The second kappa shape index (κ2) is 7.90. The summed E-state index contributed by atoms with van der Waals surface area (Å²) in [5.74, 6) is 0.0518. The minimum absolute atomic E-state index is 0.0518. The van der Waals surface area contributed by atoms with Crippen LogP contribution in [-0.4, -0.2) is 24.4 Å². The molecular weight excluding hydrogens is 268 g/mol. The van der Waals surface area contributed by atoms with E-state index in [1.54, 1.807) is 0 Å². The van der Waals surface area contributed by atoms with Crippen molar-refractivity contribution in [3.63, 3.8) is 0 Å². The summed E-state index contributed by atoms with van der Waals surface area (Å²) in [5.41, 5.74) is 0.473. The van der Waals surface area contributed by atoms with Gasteiger partial charge in [-0.15, -0.1) is 0 Å². The molecule has 1 aromatic carbocycles. The lowest BCUT2D eigenvalue weighted by Gasteiger charge is -2.23. The third kappa shape index (κ3) is 8.83. The maximum absolute atomic E-state index is 5.36. The standard InChI is InChI=1S/C17H28O4/c1-16(2,3)20-18-12-15(13-19-21-17(4,5)6)14-10-8-7-9-11-14/h7-11,15H,12-13H2,1-6H3. The minimum Gasteiger partial charge on any atom is -0.235 e. The van der Waals surface area contributed by atoms with Gasteiger partial charge in [0.1, 0.15) is 0 Å². The summed E-state index contributed by atoms with van der Waals surface area (Å²) in [6, 6.07) is 10.1. The lowest BCUT2D eigenvalue weighted by atomic mass is 10.0. The monoisotopic (exact) mass is 296 g/mol. The molecule has 0 heterocycles. The smallest absolute Gasteiger partial charge is 0.0952 e. The first-order valence-electron chi connectivity index (χ1n) is 7.33. The average Bonchev–Trinajstić information content (AvgIpc) is 2.35. The van der Waals surface area contributed by atoms with Crippen molar-refractivity contribution in [3.8, 4) is 0 Å². The summed E-state index contributed by atoms with van der Waals surface area (Å²) in [5, 5.41) is 0. The highest BCUT2D eigenvalue weighted by atomic mass is 17.2. The average molecular weight is 296 g/mol. The maximum Gasteiger partial charge on any atom is 0.0952 e. The molecule has 0 saturated carbocycles. The van der Waals surface area contributed by atoms with Gasteiger partial charge in [0.05, 0.1) is 24.4 Å². The molecule has 0 radical (unpaired) electrons. The van der Waals surface area contributed by atoms with Gasteiger partial charge in [-0.3, -0.25) is 0 Å². The van der Waals surface area contributed by atoms with Gasteiger partial charge in [-0.05, 0) is 47.1 Å². The van der Waals surface area contributed by atoms with Crippen molar-refractivity contribution in [2.75, 3.05) is 13.2 Å². The van der Waals surface area contributed by atoms with Crippen molar-refractivity contribution in [1.82, 2.24) is 0 Å². The predicted molar refractivity (Wildman–Crippen MR) is 82.8 cm³/mol. The molecule has 120 valence electrons. The molecular formula is C17H28O4. The van der Waals surface area contributed by atoms with Crippen LogP contribution in [0.25, 0.3) is 0 Å². The molecule has 0 saturated heterocycles. The summed E-state index contributed by atoms with van der Waals surface area (Å²) < 4.78 is 0. The quantitative estimate of drug-likeness (QED) is 0.556. The first kappa shape index (κ1) is 18.1. The first-order valence-corrected chi connectivity index (χ1v) is 7.33. The van der Waals surface area contributed by atoms with Gasteiger partial charge in [0.25, 0.3) is 0 Å². The molecule has 0 aromatic heterocycles. The zero-order valence-corrected chi connectivity index (χ0v) is 14.0. The van der Waals surface area contributed by atoms with Gasteiger partial charge >= 0.3 is 0 Å². The highest BCUT2D eigenvalue weighted by Gasteiger charge is 2.19. The van der Waals surface area contributed by atoms with Gasteiger partial charge in [0.2, 0.25) is 0 Å². The van der Waals surface area contributed by atoms with E-state index in [-0.39, 0.29) is 17.1 Å². The van der Waals surface area contributed by atoms with E-state index in [1.807, 2.05) is 71.9 Å². The van der Waals surface area contributed by atoms with Crippen LogP contribution in [0.3, 0.4) is 0 Å². The van der Waals surface area contributed by atoms with Gasteiger partial charge in [-0.2, -0.15) is 0 Å². The van der Waals surface area contributed by atoms with Gasteiger partial charge < -0.3 is 0 Å². The topological polar surface area (TPSA) is 36.9 Å². The molecule has 0 N–H and O–H groups in total. The van der Waals surface area contributed by atoms with Crippen LogP contribution in [0.4, 0.5) is 0 Å². The van der Waals surface area contributed by atoms with Crippen LogP contribution in [0, 0.1) is 0 Å². The molecule has 0 atom stereocenters. The molecule has 0 unspecified atom stereocenters. The van der Waals surface area contributed by atoms with E-state index >= 15 is 0 Å². The number of hydrogen-bond acceptors (Lipinski definition) is 4. The van der Waals surface area contributed by atoms with Gasteiger partial charge in [0.15, 0.2) is 0 Å². The summed E-state index contributed by atoms with van der Waals surface area (Å²) in [4.78, 5) is 21.4. The Labute approximate surface area is 128 Å². The zero-order valence-electron chi connectivity index (χ0n) is 14.0. The molecule has 4 heteroatoms. The summed E-state index contributed by atoms with van der Waals surface area (Å²) >= 11 is 0. The fourth-order valence-electron chi connectivity index (χ4n) is 1.55. The summed E-state index contributed by atoms with van der Waals surface area (Å²) in [6.45, 7) is 12.5. The van der Waals surface area contributed by atoms with Crippen LogP contribution in [0.2, 0.25) is 0 Å². The normalized spacial score (nSPS) is 12.9. The molecule has 0 aliphatic heterocycles. The molecule has 1 aromatic rings. The van der Waals surface area contributed by atoms with Crippen LogP contribution < -0.4 is 0 Å². The highest BCUT2D eigenvalue weighted by Crippen LogP contribution is 2.19. The molecule has 21 heavy (non-hydrogen) atoms. The lowest BCUT2D eigenvalue weighted by Crippen LogP contribution is -2.25. The zero-order chi connectivity index (χ0) is 15.9. The molecule has 0 bridgehead atoms. The van der Waals surface area contributed by atoms with Crippen molar-refractivity contribution in [1.29, 1.82) is 0 Å². The molecule has 0 amide bonds. The van der Waals surface area contributed by atoms with Gasteiger partial charge in [-0.1, -0.05) is 30.3 Å². The Bertz CT molecular complexity index is 369. The molecule has 0 aliphatic carbocycles. The van der Waals surface area contributed by atoms with Crippen LogP contribution in [0.15, 0.2) is 30.3 Å². The van der Waals surface area contributed by atoms with Crippen LogP contribution in [0.5, 0.6) is 0 Å². The Balaban J connectivity index is 2.55. The van der Waals surface area contributed by atoms with E-state index in [0.717, 1.165) is 5.56 Å². The SMILES string of the molecule is CC(C)(C)OOCC(COOC(C)(C)C)c1ccccc1. The van der Waals surface area contributed by atoms with Crippen LogP contribution in [0.1, 0.15) is 53.0 Å². The van der Waals surface area contributed by atoms with E-state index in [0.29, 0.717) is 13.2 Å². The van der Waals surface area contributed by atoms with E-state index in [2.05, 4.69) is 0 Å². The fourth-order valence-corrected chi connectivity index (χ4v) is 1.55. The second-order valence-corrected chi connectivity index (χ2v) is 7.07. The Morgan fingerprint density at radius 1 is 0.762 bits per heavy atom. The highest BCUT2D eigenvalue weighted by molar-refractivity contribution is 5.19. The van der Waals surface area contributed by atoms with Gasteiger partial charge in [-0.25, -0.2) is 19.6 Å². The van der Waals surface area contributed by atoms with Crippen LogP contribution in [-0.2, 0) is 19.6 Å². The molecule has 0 spiro atoms. The Morgan fingerprint density at radius 2 is 1.19 bits per heavy atom. The maximum atomic E-state index is 5.36. The molecule has 0 aliphatic rings. The minimum atomic E-state index is -0.329. The number of benzene rings is 1. The second-order valence-electron chi connectivity index (χ2n) is 7.07. The van der Waals surface area contributed by atoms with E-state index in [4.69, 9.17) is 19.6 Å².